The molecule has 4 N–H and O–H groups in total. The third-order valence-corrected chi connectivity index (χ3v) is 3.00. The second kappa shape index (κ2) is 6.08. The first-order valence-corrected chi connectivity index (χ1v) is 5.62. The Labute approximate surface area is 91.5 Å². The molecule has 0 aliphatic heterocycles. The van der Waals surface area contributed by atoms with Gasteiger partial charge >= 0.3 is 5.97 Å². The maximum absolute atomic E-state index is 10.7. The Morgan fingerprint density at radius 3 is 2.47 bits per heavy atom. The van der Waals surface area contributed by atoms with Gasteiger partial charge in [-0.3, -0.25) is 4.79 Å². The van der Waals surface area contributed by atoms with E-state index >= 15 is 0 Å². The molecule has 0 aromatic carbocycles. The Bertz CT molecular complexity index is 208. The van der Waals surface area contributed by atoms with Crippen LogP contribution in [0.25, 0.3) is 0 Å². The van der Waals surface area contributed by atoms with Gasteiger partial charge in [-0.1, -0.05) is 27.2 Å². The van der Waals surface area contributed by atoms with Crippen LogP contribution in [-0.2, 0) is 4.79 Å². The maximum Gasteiger partial charge on any atom is 0.321 e. The highest BCUT2D eigenvalue weighted by molar-refractivity contribution is 5.74. The Kier molecular flexibility index (Phi) is 5.83. The normalized spacial score (nSPS) is 32.5. The van der Waals surface area contributed by atoms with Gasteiger partial charge < -0.3 is 15.9 Å². The van der Waals surface area contributed by atoms with Gasteiger partial charge in [-0.05, 0) is 24.7 Å². The highest BCUT2D eigenvalue weighted by atomic mass is 16.4. The number of rotatable bonds is 2. The fraction of sp³-hybridized carbons (Fsp3) is 0.909. The zero-order valence-corrected chi connectivity index (χ0v) is 9.86. The van der Waals surface area contributed by atoms with Crippen molar-refractivity contribution < 1.29 is 15.0 Å². The Morgan fingerprint density at radius 1 is 1.53 bits per heavy atom. The van der Waals surface area contributed by atoms with Gasteiger partial charge in [0, 0.05) is 0 Å². The molecule has 4 heteroatoms. The van der Waals surface area contributed by atoms with Crippen molar-refractivity contribution in [3.05, 3.63) is 0 Å². The molecule has 0 saturated heterocycles. The molecule has 0 spiro atoms. The number of carboxylic acid groups (broad SMARTS) is 1. The van der Waals surface area contributed by atoms with Crippen molar-refractivity contribution >= 4 is 5.97 Å². The minimum Gasteiger partial charge on any atom is -0.480 e. The van der Waals surface area contributed by atoms with Crippen molar-refractivity contribution in [2.45, 2.75) is 58.6 Å². The van der Waals surface area contributed by atoms with Gasteiger partial charge in [0.15, 0.2) is 0 Å². The molecule has 1 aliphatic carbocycles. The molecule has 4 nitrogen and oxygen atoms in total. The molecule has 2 unspecified atom stereocenters. The molecule has 0 aromatic rings. The van der Waals surface area contributed by atoms with Gasteiger partial charge in [0.2, 0.25) is 0 Å². The van der Waals surface area contributed by atoms with E-state index in [-0.39, 0.29) is 6.10 Å². The number of hydrogen-bond acceptors (Lipinski definition) is 3. The van der Waals surface area contributed by atoms with Crippen molar-refractivity contribution in [3.8, 4) is 0 Å². The van der Waals surface area contributed by atoms with Crippen molar-refractivity contribution in [2.75, 3.05) is 0 Å². The topological polar surface area (TPSA) is 83.6 Å². The molecule has 3 atom stereocenters. The lowest BCUT2D eigenvalue weighted by Crippen LogP contribution is -2.48. The molecule has 0 bridgehead atoms. The Hall–Kier alpha value is -0.610. The summed E-state index contributed by atoms with van der Waals surface area (Å²) in [5.41, 5.74) is 5.14. The van der Waals surface area contributed by atoms with E-state index in [1.165, 1.54) is 0 Å². The first-order valence-electron chi connectivity index (χ1n) is 5.62. The van der Waals surface area contributed by atoms with Crippen LogP contribution in [0.4, 0.5) is 0 Å². The van der Waals surface area contributed by atoms with Crippen LogP contribution in [0, 0.1) is 5.41 Å². The fourth-order valence-electron chi connectivity index (χ4n) is 2.06. The van der Waals surface area contributed by atoms with E-state index < -0.39 is 17.4 Å². The lowest BCUT2D eigenvalue weighted by atomic mass is 9.70. The average molecular weight is 217 g/mol. The molecule has 0 aromatic heterocycles. The van der Waals surface area contributed by atoms with E-state index in [0.29, 0.717) is 6.42 Å². The smallest absolute Gasteiger partial charge is 0.321 e. The zero-order valence-electron chi connectivity index (χ0n) is 9.86. The van der Waals surface area contributed by atoms with Crippen molar-refractivity contribution in [1.29, 1.82) is 0 Å². The van der Waals surface area contributed by atoms with Crippen LogP contribution in [0.1, 0.15) is 46.5 Å². The number of aliphatic hydroxyl groups is 1. The van der Waals surface area contributed by atoms with Crippen LogP contribution in [0.3, 0.4) is 0 Å². The van der Waals surface area contributed by atoms with Crippen LogP contribution in [-0.4, -0.2) is 28.3 Å². The summed E-state index contributed by atoms with van der Waals surface area (Å²) in [6.07, 6.45) is 2.53. The quantitative estimate of drug-likeness (QED) is 0.652. The summed E-state index contributed by atoms with van der Waals surface area (Å²) in [5.74, 6) is -0.975. The van der Waals surface area contributed by atoms with E-state index in [2.05, 4.69) is 0 Å². The van der Waals surface area contributed by atoms with Crippen molar-refractivity contribution in [1.82, 2.24) is 0 Å². The second-order valence-electron chi connectivity index (χ2n) is 4.22. The number of aliphatic hydroxyl groups excluding tert-OH is 1. The summed E-state index contributed by atoms with van der Waals surface area (Å²) >= 11 is 0. The minimum absolute atomic E-state index is 0.385. The largest absolute Gasteiger partial charge is 0.480 e. The van der Waals surface area contributed by atoms with Gasteiger partial charge in [-0.2, -0.15) is 0 Å². The van der Waals surface area contributed by atoms with Crippen LogP contribution in [0.15, 0.2) is 0 Å². The van der Waals surface area contributed by atoms with Gasteiger partial charge in [0.1, 0.15) is 6.04 Å². The monoisotopic (exact) mass is 217 g/mol. The molecule has 1 rings (SSSR count). The summed E-state index contributed by atoms with van der Waals surface area (Å²) < 4.78 is 0. The highest BCUT2D eigenvalue weighted by Gasteiger charge is 2.40. The Morgan fingerprint density at radius 2 is 2.07 bits per heavy atom. The number of nitrogens with two attached hydrogens (primary N) is 1. The molecular formula is C11H23NO3. The Balaban J connectivity index is 0.000000921. The molecule has 0 heterocycles. The summed E-state index contributed by atoms with van der Waals surface area (Å²) in [6.45, 7) is 5.84. The zero-order chi connectivity index (χ0) is 12.1. The second-order valence-corrected chi connectivity index (χ2v) is 4.22. The first-order chi connectivity index (χ1) is 6.96. The molecule has 0 amide bonds. The van der Waals surface area contributed by atoms with Gasteiger partial charge in [-0.25, -0.2) is 0 Å². The number of carboxylic acids is 1. The number of aliphatic carboxylic acids is 1. The van der Waals surface area contributed by atoms with Crippen LogP contribution < -0.4 is 5.73 Å². The summed E-state index contributed by atoms with van der Waals surface area (Å²) in [5, 5.41) is 18.2. The average Bonchev–Trinajstić information content (AvgIpc) is 2.19. The highest BCUT2D eigenvalue weighted by Crippen LogP contribution is 2.38. The third-order valence-electron chi connectivity index (χ3n) is 3.00. The van der Waals surface area contributed by atoms with Crippen LogP contribution in [0.2, 0.25) is 0 Å². The molecule has 90 valence electrons. The molecule has 0 radical (unpaired) electrons. The predicted molar refractivity (Wildman–Crippen MR) is 59.5 cm³/mol. The SMILES string of the molecule is CC.CC1([C@H](N)C(=O)O)CCCC(O)C1. The predicted octanol–water partition coefficient (Wildman–Crippen LogP) is 1.37. The van der Waals surface area contributed by atoms with E-state index in [9.17, 15) is 9.90 Å². The summed E-state index contributed by atoms with van der Waals surface area (Å²) in [7, 11) is 0. The van der Waals surface area contributed by atoms with Crippen molar-refractivity contribution in [3.63, 3.8) is 0 Å². The number of carbonyl (C=O) groups is 1. The van der Waals surface area contributed by atoms with Crippen LogP contribution in [0.5, 0.6) is 0 Å². The molecule has 1 saturated carbocycles. The van der Waals surface area contributed by atoms with Gasteiger partial charge in [-0.15, -0.1) is 0 Å². The van der Waals surface area contributed by atoms with E-state index in [1.807, 2.05) is 20.8 Å². The summed E-state index contributed by atoms with van der Waals surface area (Å²) in [4.78, 5) is 10.7. The lowest BCUT2D eigenvalue weighted by molar-refractivity contribution is -0.143. The molecule has 1 aliphatic rings. The first kappa shape index (κ1) is 14.4. The maximum atomic E-state index is 10.7. The lowest BCUT2D eigenvalue weighted by Gasteiger charge is -2.38. The molecular weight excluding hydrogens is 194 g/mol. The van der Waals surface area contributed by atoms with Crippen molar-refractivity contribution in [2.24, 2.45) is 11.1 Å². The number of hydrogen-bond donors (Lipinski definition) is 3. The van der Waals surface area contributed by atoms with Gasteiger partial charge in [0.05, 0.1) is 6.10 Å². The minimum atomic E-state index is -0.975. The van der Waals surface area contributed by atoms with E-state index in [4.69, 9.17) is 10.8 Å². The molecule has 1 fully saturated rings. The fourth-order valence-corrected chi connectivity index (χ4v) is 2.06. The summed E-state index contributed by atoms with van der Waals surface area (Å²) in [6, 6.07) is -0.859. The molecule has 15 heavy (non-hydrogen) atoms. The standard InChI is InChI=1S/C9H17NO3.C2H6/c1-9(7(10)8(12)13)4-2-3-6(11)5-9;1-2/h6-7,11H,2-5,10H2,1H3,(H,12,13);1-2H3/t6?,7-,9?;/m1./s1. The van der Waals surface area contributed by atoms with E-state index in [1.54, 1.807) is 0 Å². The third kappa shape index (κ3) is 3.80. The van der Waals surface area contributed by atoms with Gasteiger partial charge in [0.25, 0.3) is 0 Å². The van der Waals surface area contributed by atoms with E-state index in [0.717, 1.165) is 19.3 Å². The van der Waals surface area contributed by atoms with Crippen LogP contribution >= 0.6 is 0 Å².